The molecule has 602 valence electrons. The van der Waals surface area contributed by atoms with Crippen LogP contribution in [0.3, 0.4) is 0 Å². The van der Waals surface area contributed by atoms with Crippen LogP contribution in [-0.4, -0.2) is 24.4 Å². The lowest BCUT2D eigenvalue weighted by atomic mass is 9.92. The van der Waals surface area contributed by atoms with Crippen molar-refractivity contribution in [3.63, 3.8) is 0 Å². The molecule has 0 spiro atoms. The standard InChI is InChI=1S/C118H77N7O3/c1-72-26-21-36-78(66-72)119(102-44-23-41-91-84-38-15-18-47-109(84)126-116(91)102)80-50-54-94-105(68-80)122(74-28-7-3-8-29-74)98-62-58-89-87(112(94)98)60-64-100-114(89)96-56-52-82(70-107(96)124(100)76-32-11-5-12-33-76)121(104-46-25-43-93-86-40-17-20-49-111(86)128-118(93)104)83-53-57-97-108(71-83)125(77-34-13-6-14-35-77)101-65-61-88-90(115(97)101)59-63-99-113(88)95-55-51-81(69-106(95)123(99)75-30-9-4-10-31-75)120(79-37-22-27-73(2)67-79)103-45-24-42-92-85-39-16-19-48-110(85)127-117(92)103/h3-71,84,109H,1-2H3. The van der Waals surface area contributed by atoms with Crippen molar-refractivity contribution in [3.05, 3.63) is 435 Å². The Morgan fingerprint density at radius 1 is 0.234 bits per heavy atom. The number of nitrogens with zero attached hydrogens (tertiary/aromatic N) is 7. The van der Waals surface area contributed by atoms with Gasteiger partial charge in [-0.05, 0) is 229 Å². The molecule has 2 aliphatic rings. The molecule has 1 aliphatic heterocycles. The van der Waals surface area contributed by atoms with Crippen molar-refractivity contribution in [1.82, 2.24) is 18.3 Å². The summed E-state index contributed by atoms with van der Waals surface area (Å²) in [7, 11) is 0. The number of aromatic nitrogens is 4. The maximum Gasteiger partial charge on any atom is 0.159 e. The van der Waals surface area contributed by atoms with E-state index in [4.69, 9.17) is 13.6 Å². The Kier molecular flexibility index (Phi) is 15.6. The van der Waals surface area contributed by atoms with Gasteiger partial charge in [-0.1, -0.05) is 237 Å². The average Bonchev–Trinajstić information content (AvgIpc) is 1.54. The zero-order chi connectivity index (χ0) is 84.1. The van der Waals surface area contributed by atoms with Crippen LogP contribution in [0.5, 0.6) is 5.75 Å². The zero-order valence-electron chi connectivity index (χ0n) is 69.8. The Morgan fingerprint density at radius 3 is 0.930 bits per heavy atom. The molecule has 2 atom stereocenters. The maximum atomic E-state index is 7.16. The van der Waals surface area contributed by atoms with Crippen LogP contribution in [0.25, 0.3) is 175 Å². The molecule has 2 unspecified atom stereocenters. The number of aryl methyl sites for hydroxylation is 2. The third-order valence-corrected chi connectivity index (χ3v) is 27.1. The summed E-state index contributed by atoms with van der Waals surface area (Å²) in [6.45, 7) is 4.33. The van der Waals surface area contributed by atoms with Gasteiger partial charge in [0, 0.05) is 133 Å². The molecule has 0 saturated heterocycles. The zero-order valence-corrected chi connectivity index (χ0v) is 69.8. The summed E-state index contributed by atoms with van der Waals surface area (Å²) in [5.41, 5.74) is 28.9. The predicted octanol–water partition coefficient (Wildman–Crippen LogP) is 32.2. The smallest absolute Gasteiger partial charge is 0.159 e. The summed E-state index contributed by atoms with van der Waals surface area (Å²) in [5, 5.41) is 18.3. The Labute approximate surface area is 735 Å². The fourth-order valence-electron chi connectivity index (χ4n) is 21.7. The molecule has 25 aromatic rings. The summed E-state index contributed by atoms with van der Waals surface area (Å²) in [6, 6.07) is 145. The highest BCUT2D eigenvalue weighted by atomic mass is 16.5. The van der Waals surface area contributed by atoms with E-state index < -0.39 is 0 Å². The molecule has 27 rings (SSSR count). The number of allylic oxidation sites excluding steroid dienone is 2. The number of hydrogen-bond donors (Lipinski definition) is 0. The van der Waals surface area contributed by atoms with Crippen LogP contribution in [0.1, 0.15) is 22.6 Å². The minimum absolute atomic E-state index is 0.0656. The van der Waals surface area contributed by atoms with Gasteiger partial charge in [0.2, 0.25) is 0 Å². The van der Waals surface area contributed by atoms with Crippen LogP contribution in [0, 0.1) is 13.8 Å². The van der Waals surface area contributed by atoms with Crippen LogP contribution in [0.2, 0.25) is 0 Å². The number of furan rings is 2. The highest BCUT2D eigenvalue weighted by molar-refractivity contribution is 6.32. The highest BCUT2D eigenvalue weighted by Crippen LogP contribution is 2.55. The van der Waals surface area contributed by atoms with E-state index in [2.05, 4.69) is 459 Å². The number of rotatable bonds is 13. The molecule has 0 amide bonds. The van der Waals surface area contributed by atoms with E-state index in [1.807, 2.05) is 6.07 Å². The number of para-hydroxylation sites is 9. The van der Waals surface area contributed by atoms with Crippen molar-refractivity contribution in [1.29, 1.82) is 0 Å². The molecule has 10 nitrogen and oxygen atoms in total. The third-order valence-electron chi connectivity index (χ3n) is 27.1. The van der Waals surface area contributed by atoms with E-state index in [0.29, 0.717) is 0 Å². The van der Waals surface area contributed by atoms with Gasteiger partial charge in [0.1, 0.15) is 23.0 Å². The van der Waals surface area contributed by atoms with Crippen molar-refractivity contribution < 1.29 is 13.6 Å². The van der Waals surface area contributed by atoms with Gasteiger partial charge in [0.25, 0.3) is 0 Å². The van der Waals surface area contributed by atoms with E-state index in [1.54, 1.807) is 0 Å². The molecule has 0 bridgehead atoms. The van der Waals surface area contributed by atoms with Crippen molar-refractivity contribution in [2.24, 2.45) is 0 Å². The topological polar surface area (TPSA) is 65.0 Å². The quantitative estimate of drug-likeness (QED) is 0.115. The first kappa shape index (κ1) is 71.7. The lowest BCUT2D eigenvalue weighted by Gasteiger charge is -2.27. The van der Waals surface area contributed by atoms with Gasteiger partial charge in [0.15, 0.2) is 11.2 Å². The van der Waals surface area contributed by atoms with E-state index in [9.17, 15) is 0 Å². The number of fused-ring (bicyclic) bond motifs is 27. The van der Waals surface area contributed by atoms with E-state index >= 15 is 0 Å². The summed E-state index contributed by atoms with van der Waals surface area (Å²) in [4.78, 5) is 7.19. The number of ether oxygens (including phenoxy) is 1. The van der Waals surface area contributed by atoms with Gasteiger partial charge in [-0.2, -0.15) is 0 Å². The van der Waals surface area contributed by atoms with Gasteiger partial charge >= 0.3 is 0 Å². The Bertz CT molecular complexity index is 9060. The van der Waals surface area contributed by atoms with E-state index in [1.165, 1.54) is 59.8 Å². The Balaban J connectivity index is 0.661. The molecule has 7 heterocycles. The normalized spacial score (nSPS) is 13.9. The third kappa shape index (κ3) is 10.7. The lowest BCUT2D eigenvalue weighted by Crippen LogP contribution is -2.16. The van der Waals surface area contributed by atoms with Gasteiger partial charge in [-0.15, -0.1) is 0 Å². The van der Waals surface area contributed by atoms with E-state index in [0.717, 1.165) is 189 Å². The number of anilines is 9. The monoisotopic (exact) mass is 1640 g/mol. The number of benzene rings is 19. The maximum absolute atomic E-state index is 7.16. The molecule has 1 aliphatic carbocycles. The van der Waals surface area contributed by atoms with Crippen molar-refractivity contribution in [2.45, 2.75) is 25.9 Å². The molecule has 0 N–H and O–H groups in total. The van der Waals surface area contributed by atoms with Gasteiger partial charge < -0.3 is 46.5 Å². The van der Waals surface area contributed by atoms with Crippen LogP contribution in [-0.2, 0) is 0 Å². The second kappa shape index (κ2) is 27.8. The molecule has 128 heavy (non-hydrogen) atoms. The van der Waals surface area contributed by atoms with Crippen molar-refractivity contribution in [2.75, 3.05) is 14.7 Å². The number of hydrogen-bond acceptors (Lipinski definition) is 6. The van der Waals surface area contributed by atoms with Gasteiger partial charge in [-0.3, -0.25) is 0 Å². The Hall–Kier alpha value is -16.8. The average molecular weight is 1640 g/mol. The fourth-order valence-corrected chi connectivity index (χ4v) is 21.7. The molecular formula is C118H77N7O3. The largest absolute Gasteiger partial charge is 0.483 e. The summed E-state index contributed by atoms with van der Waals surface area (Å²) in [6.07, 6.45) is 8.64. The Morgan fingerprint density at radius 2 is 0.547 bits per heavy atom. The second-order valence-corrected chi connectivity index (χ2v) is 34.3. The highest BCUT2D eigenvalue weighted by Gasteiger charge is 2.37. The molecule has 6 aromatic heterocycles. The second-order valence-electron chi connectivity index (χ2n) is 34.3. The summed E-state index contributed by atoms with van der Waals surface area (Å²) in [5.74, 6) is 1.05. The van der Waals surface area contributed by atoms with Gasteiger partial charge in [-0.25, -0.2) is 0 Å². The van der Waals surface area contributed by atoms with Crippen LogP contribution >= 0.6 is 0 Å². The molecule has 0 radical (unpaired) electrons. The molecular weight excluding hydrogens is 1560 g/mol. The lowest BCUT2D eigenvalue weighted by molar-refractivity contribution is 0.269. The van der Waals surface area contributed by atoms with Gasteiger partial charge in [0.05, 0.1) is 61.2 Å². The first-order chi connectivity index (χ1) is 63.3. The van der Waals surface area contributed by atoms with Crippen molar-refractivity contribution in [3.8, 4) is 28.5 Å². The molecule has 0 fully saturated rings. The van der Waals surface area contributed by atoms with E-state index in [-0.39, 0.29) is 12.0 Å². The first-order valence-electron chi connectivity index (χ1n) is 44.0. The molecule has 0 saturated carbocycles. The fraction of sp³-hybridized carbons (Fsp3) is 0.0339. The molecule has 19 aromatic carbocycles. The first-order valence-corrected chi connectivity index (χ1v) is 44.0. The van der Waals surface area contributed by atoms with Crippen LogP contribution in [0.15, 0.2) is 427 Å². The minimum atomic E-state index is -0.0656. The minimum Gasteiger partial charge on any atom is -0.483 e. The molecule has 10 heteroatoms. The van der Waals surface area contributed by atoms with Crippen LogP contribution < -0.4 is 19.4 Å². The summed E-state index contributed by atoms with van der Waals surface area (Å²) >= 11 is 0. The van der Waals surface area contributed by atoms with Crippen molar-refractivity contribution >= 4 is 204 Å². The summed E-state index contributed by atoms with van der Waals surface area (Å²) < 4.78 is 30.8. The predicted molar refractivity (Wildman–Crippen MR) is 532 cm³/mol. The van der Waals surface area contributed by atoms with Crippen LogP contribution in [0.4, 0.5) is 51.2 Å². The SMILES string of the molecule is Cc1cccc(N(c2ccc3c4c5ccc6c(c5ccc4n(-c4ccccc4)c3c2)c2ccc(N(c3ccc4c5c7ccc8c(c7ccc5n(-c5ccccc5)c4c3)c3ccc(N(c4cccc(C)c4)c4cccc5c4oc4ccccc45)cc3n8-c3ccccc3)c3cccc4c3oc3ccccc34)cc2n6-c2ccccc2)c2cccc3c2OC2C=CC=CC32)c1.